The number of hydrogen-bond acceptors (Lipinski definition) is 8. The number of anilines is 3. The normalized spacial score (nSPS) is 17.2. The van der Waals surface area contributed by atoms with Crippen molar-refractivity contribution in [3.63, 3.8) is 0 Å². The quantitative estimate of drug-likeness (QED) is 0.546. The lowest BCUT2D eigenvalue weighted by Crippen LogP contribution is -2.36. The van der Waals surface area contributed by atoms with Crippen molar-refractivity contribution < 1.29 is 14.3 Å². The molecule has 3 aromatic rings. The first-order valence-corrected chi connectivity index (χ1v) is 11.8. The first kappa shape index (κ1) is 20.6. The van der Waals surface area contributed by atoms with Crippen LogP contribution in [0.25, 0.3) is 10.2 Å². The number of thiazole rings is 1. The monoisotopic (exact) mass is 503 g/mol. The minimum Gasteiger partial charge on any atom is -0.378 e. The third-order valence-electron chi connectivity index (χ3n) is 5.32. The van der Waals surface area contributed by atoms with Crippen LogP contribution in [0.4, 0.5) is 16.5 Å². The van der Waals surface area contributed by atoms with Gasteiger partial charge in [-0.2, -0.15) is 0 Å². The van der Waals surface area contributed by atoms with Crippen LogP contribution in [0.2, 0.25) is 0 Å². The van der Waals surface area contributed by atoms with Gasteiger partial charge in [0.05, 0.1) is 48.0 Å². The molecule has 2 aliphatic rings. The SMILES string of the molecule is O=C(Nc1cc2sc(N3CCOCC3)nc2cc1N1CCOCC1)c1cccc(Br)n1. The number of halogens is 1. The van der Waals surface area contributed by atoms with Crippen molar-refractivity contribution in [1.82, 2.24) is 9.97 Å². The Hall–Kier alpha value is -2.27. The topological polar surface area (TPSA) is 79.8 Å². The second-order valence-electron chi connectivity index (χ2n) is 7.33. The average molecular weight is 504 g/mol. The van der Waals surface area contributed by atoms with Crippen molar-refractivity contribution in [2.75, 3.05) is 67.7 Å². The highest BCUT2D eigenvalue weighted by Gasteiger charge is 2.21. The van der Waals surface area contributed by atoms with Gasteiger partial charge in [-0.15, -0.1) is 0 Å². The van der Waals surface area contributed by atoms with Gasteiger partial charge in [0, 0.05) is 26.2 Å². The molecule has 1 amide bonds. The third-order valence-corrected chi connectivity index (χ3v) is 6.84. The summed E-state index contributed by atoms with van der Waals surface area (Å²) >= 11 is 4.97. The third kappa shape index (κ3) is 4.52. The van der Waals surface area contributed by atoms with E-state index in [2.05, 4.69) is 42.1 Å². The summed E-state index contributed by atoms with van der Waals surface area (Å²) in [5.41, 5.74) is 3.02. The van der Waals surface area contributed by atoms with Gasteiger partial charge in [0.25, 0.3) is 5.91 Å². The summed E-state index contributed by atoms with van der Waals surface area (Å²) in [5, 5.41) is 4.06. The van der Waals surface area contributed by atoms with Gasteiger partial charge in [-0.1, -0.05) is 17.4 Å². The van der Waals surface area contributed by atoms with E-state index in [0.29, 0.717) is 23.5 Å². The Bertz CT molecular complexity index is 1100. The predicted octanol–water partition coefficient (Wildman–Crippen LogP) is 3.38. The summed E-state index contributed by atoms with van der Waals surface area (Å²) in [4.78, 5) is 26.6. The minimum absolute atomic E-state index is 0.243. The van der Waals surface area contributed by atoms with Gasteiger partial charge in [-0.05, 0) is 40.2 Å². The smallest absolute Gasteiger partial charge is 0.274 e. The van der Waals surface area contributed by atoms with E-state index < -0.39 is 0 Å². The number of aromatic nitrogens is 2. The molecule has 5 rings (SSSR count). The molecular formula is C21H22BrN5O3S. The number of benzene rings is 1. The van der Waals surface area contributed by atoms with Gasteiger partial charge >= 0.3 is 0 Å². The maximum atomic E-state index is 12.9. The van der Waals surface area contributed by atoms with Crippen LogP contribution in [-0.2, 0) is 9.47 Å². The summed E-state index contributed by atoms with van der Waals surface area (Å²) in [6.45, 7) is 5.98. The molecule has 10 heteroatoms. The van der Waals surface area contributed by atoms with Gasteiger partial charge < -0.3 is 24.6 Å². The van der Waals surface area contributed by atoms with E-state index in [9.17, 15) is 4.79 Å². The molecule has 0 bridgehead atoms. The number of morpholine rings is 2. The summed E-state index contributed by atoms with van der Waals surface area (Å²) in [7, 11) is 0. The molecule has 162 valence electrons. The van der Waals surface area contributed by atoms with Crippen molar-refractivity contribution in [2.24, 2.45) is 0 Å². The maximum Gasteiger partial charge on any atom is 0.274 e. The van der Waals surface area contributed by atoms with Crippen LogP contribution in [0, 0.1) is 0 Å². The number of amides is 1. The maximum absolute atomic E-state index is 12.9. The molecule has 2 fully saturated rings. The molecule has 1 N–H and O–H groups in total. The van der Waals surface area contributed by atoms with E-state index in [1.165, 1.54) is 0 Å². The van der Waals surface area contributed by atoms with E-state index in [1.807, 2.05) is 6.07 Å². The number of carbonyl (C=O) groups excluding carboxylic acids is 1. The van der Waals surface area contributed by atoms with E-state index in [4.69, 9.17) is 14.5 Å². The highest BCUT2D eigenvalue weighted by atomic mass is 79.9. The Labute approximate surface area is 192 Å². The molecule has 1 aromatic carbocycles. The second kappa shape index (κ2) is 9.07. The molecule has 0 spiro atoms. The molecule has 2 aliphatic heterocycles. The average Bonchev–Trinajstić information content (AvgIpc) is 3.23. The van der Waals surface area contributed by atoms with Crippen LogP contribution in [0.3, 0.4) is 0 Å². The fraction of sp³-hybridized carbons (Fsp3) is 0.381. The van der Waals surface area contributed by atoms with E-state index in [-0.39, 0.29) is 5.91 Å². The first-order chi connectivity index (χ1) is 15.2. The molecule has 31 heavy (non-hydrogen) atoms. The van der Waals surface area contributed by atoms with Crippen LogP contribution < -0.4 is 15.1 Å². The zero-order chi connectivity index (χ0) is 21.2. The lowest BCUT2D eigenvalue weighted by molar-refractivity contribution is 0.102. The van der Waals surface area contributed by atoms with Gasteiger partial charge in [0.15, 0.2) is 5.13 Å². The first-order valence-electron chi connectivity index (χ1n) is 10.2. The molecule has 0 saturated carbocycles. The number of ether oxygens (including phenoxy) is 2. The number of pyridine rings is 1. The number of nitrogens with zero attached hydrogens (tertiary/aromatic N) is 4. The Kier molecular flexibility index (Phi) is 6.04. The largest absolute Gasteiger partial charge is 0.378 e. The molecule has 0 radical (unpaired) electrons. The minimum atomic E-state index is -0.243. The zero-order valence-electron chi connectivity index (χ0n) is 16.8. The molecule has 2 saturated heterocycles. The standard InChI is InChI=1S/C21H22BrN5O3S/c22-19-3-1-2-14(23-19)20(28)24-15-13-18-16(12-17(15)26-4-8-29-9-5-26)25-21(31-18)27-6-10-30-11-7-27/h1-3,12-13H,4-11H2,(H,24,28). The highest BCUT2D eigenvalue weighted by Crippen LogP contribution is 2.37. The van der Waals surface area contributed by atoms with Crippen LogP contribution >= 0.6 is 27.3 Å². The zero-order valence-corrected chi connectivity index (χ0v) is 19.2. The van der Waals surface area contributed by atoms with Crippen molar-refractivity contribution in [2.45, 2.75) is 0 Å². The molecule has 0 aliphatic carbocycles. The van der Waals surface area contributed by atoms with Crippen LogP contribution in [0.1, 0.15) is 10.5 Å². The van der Waals surface area contributed by atoms with Gasteiger partial charge in [0.2, 0.25) is 0 Å². The van der Waals surface area contributed by atoms with Crippen LogP contribution in [-0.4, -0.2) is 68.5 Å². The number of fused-ring (bicyclic) bond motifs is 1. The Balaban J connectivity index is 1.51. The van der Waals surface area contributed by atoms with Crippen molar-refractivity contribution in [3.8, 4) is 0 Å². The van der Waals surface area contributed by atoms with Crippen LogP contribution in [0.15, 0.2) is 34.9 Å². The lowest BCUT2D eigenvalue weighted by Gasteiger charge is -2.30. The number of rotatable bonds is 4. The fourth-order valence-corrected chi connectivity index (χ4v) is 5.11. The Morgan fingerprint density at radius 3 is 2.42 bits per heavy atom. The predicted molar refractivity (Wildman–Crippen MR) is 126 cm³/mol. The lowest BCUT2D eigenvalue weighted by atomic mass is 10.2. The van der Waals surface area contributed by atoms with E-state index in [1.54, 1.807) is 29.5 Å². The molecule has 0 atom stereocenters. The number of hydrogen-bond donors (Lipinski definition) is 1. The molecule has 8 nitrogen and oxygen atoms in total. The molecule has 4 heterocycles. The molecular weight excluding hydrogens is 482 g/mol. The van der Waals surface area contributed by atoms with Gasteiger partial charge in [0.1, 0.15) is 10.3 Å². The Morgan fingerprint density at radius 2 is 1.71 bits per heavy atom. The summed E-state index contributed by atoms with van der Waals surface area (Å²) in [6, 6.07) is 9.40. The highest BCUT2D eigenvalue weighted by molar-refractivity contribution is 9.10. The van der Waals surface area contributed by atoms with Crippen LogP contribution in [0.5, 0.6) is 0 Å². The number of carbonyl (C=O) groups is 1. The number of nitrogens with one attached hydrogen (secondary N) is 1. The summed E-state index contributed by atoms with van der Waals surface area (Å²) < 4.78 is 12.7. The second-order valence-corrected chi connectivity index (χ2v) is 9.15. The summed E-state index contributed by atoms with van der Waals surface area (Å²) in [5.74, 6) is -0.243. The van der Waals surface area contributed by atoms with E-state index in [0.717, 1.165) is 66.1 Å². The molecule has 0 unspecified atom stereocenters. The van der Waals surface area contributed by atoms with E-state index >= 15 is 0 Å². The van der Waals surface area contributed by atoms with Crippen molar-refractivity contribution >= 4 is 59.9 Å². The Morgan fingerprint density at radius 1 is 1.00 bits per heavy atom. The van der Waals surface area contributed by atoms with Crippen molar-refractivity contribution in [3.05, 3.63) is 40.6 Å². The van der Waals surface area contributed by atoms with Gasteiger partial charge in [-0.3, -0.25) is 4.79 Å². The summed E-state index contributed by atoms with van der Waals surface area (Å²) in [6.07, 6.45) is 0. The molecule has 2 aromatic heterocycles. The van der Waals surface area contributed by atoms with Gasteiger partial charge in [-0.25, -0.2) is 9.97 Å². The van der Waals surface area contributed by atoms with Crippen molar-refractivity contribution in [1.29, 1.82) is 0 Å². The fourth-order valence-electron chi connectivity index (χ4n) is 3.73.